The Bertz CT molecular complexity index is 1190. The lowest BCUT2D eigenvalue weighted by Crippen LogP contribution is -2.16. The second kappa shape index (κ2) is 11.1. The van der Waals surface area contributed by atoms with Crippen LogP contribution in [0.15, 0.2) is 81.4 Å². The Hall–Kier alpha value is -2.87. The lowest BCUT2D eigenvalue weighted by Gasteiger charge is -2.06. The smallest absolute Gasteiger partial charge is 0.272 e. The molecule has 6 nitrogen and oxygen atoms in total. The Balaban J connectivity index is 1.45. The molecule has 0 radical (unpaired) electrons. The Morgan fingerprint density at radius 2 is 1.72 bits per heavy atom. The van der Waals surface area contributed by atoms with Gasteiger partial charge in [-0.05, 0) is 43.2 Å². The molecule has 0 spiro atoms. The highest BCUT2D eigenvalue weighted by Crippen LogP contribution is 2.30. The Kier molecular flexibility index (Phi) is 7.77. The molecule has 166 valence electrons. The fourth-order valence-electron chi connectivity index (χ4n) is 3.38. The number of H-pyrrole nitrogens is 1. The third-order valence-electron chi connectivity index (χ3n) is 4.98. The molecule has 2 aromatic carbocycles. The standard InChI is InChI=1S/C25H27N3O3S/c1-2-30-14-6-15-31-16-13-20-17-24(29)28-25(27-20)23(18-26-28)19-9-11-22(12-10-19)32-21-7-4-3-5-8-21/h3-5,7-12,17-18,26H,2,6,13-16H2,1H3. The zero-order valence-corrected chi connectivity index (χ0v) is 18.9. The number of fused-ring (bicyclic) bond motifs is 1. The van der Waals surface area contributed by atoms with Gasteiger partial charge in [-0.3, -0.25) is 9.89 Å². The quantitative estimate of drug-likeness (QED) is 0.332. The van der Waals surface area contributed by atoms with Crippen LogP contribution in [0.25, 0.3) is 16.8 Å². The predicted molar refractivity (Wildman–Crippen MR) is 127 cm³/mol. The highest BCUT2D eigenvalue weighted by Gasteiger charge is 2.11. The van der Waals surface area contributed by atoms with Crippen molar-refractivity contribution in [3.8, 4) is 11.1 Å². The van der Waals surface area contributed by atoms with E-state index >= 15 is 0 Å². The maximum Gasteiger partial charge on any atom is 0.272 e. The molecule has 4 aromatic rings. The molecule has 0 aliphatic carbocycles. The van der Waals surface area contributed by atoms with Crippen molar-refractivity contribution in [1.29, 1.82) is 0 Å². The maximum atomic E-state index is 12.5. The first-order valence-corrected chi connectivity index (χ1v) is 11.6. The van der Waals surface area contributed by atoms with Crippen LogP contribution in [0.4, 0.5) is 0 Å². The van der Waals surface area contributed by atoms with E-state index in [-0.39, 0.29) is 5.56 Å². The van der Waals surface area contributed by atoms with Crippen LogP contribution in [0, 0.1) is 0 Å². The van der Waals surface area contributed by atoms with Crippen LogP contribution in [0.5, 0.6) is 0 Å². The van der Waals surface area contributed by atoms with Crippen molar-refractivity contribution in [3.63, 3.8) is 0 Å². The minimum atomic E-state index is -0.121. The number of nitrogens with zero attached hydrogens (tertiary/aromatic N) is 2. The van der Waals surface area contributed by atoms with Gasteiger partial charge < -0.3 is 9.47 Å². The van der Waals surface area contributed by atoms with Gasteiger partial charge in [0, 0.05) is 53.9 Å². The average molecular weight is 450 g/mol. The molecule has 1 N–H and O–H groups in total. The minimum absolute atomic E-state index is 0.121. The van der Waals surface area contributed by atoms with Gasteiger partial charge in [-0.1, -0.05) is 42.1 Å². The molecular weight excluding hydrogens is 422 g/mol. The molecule has 0 saturated carbocycles. The van der Waals surface area contributed by atoms with Crippen molar-refractivity contribution in [2.24, 2.45) is 0 Å². The summed E-state index contributed by atoms with van der Waals surface area (Å²) in [5.74, 6) is 0. The summed E-state index contributed by atoms with van der Waals surface area (Å²) < 4.78 is 12.4. The maximum absolute atomic E-state index is 12.5. The molecule has 0 unspecified atom stereocenters. The Labute approximate surface area is 191 Å². The van der Waals surface area contributed by atoms with Crippen molar-refractivity contribution in [1.82, 2.24) is 14.6 Å². The molecule has 0 fully saturated rings. The molecular formula is C25H27N3O3S. The number of nitrogens with one attached hydrogen (secondary N) is 1. The summed E-state index contributed by atoms with van der Waals surface area (Å²) in [4.78, 5) is 19.6. The number of hydrogen-bond acceptors (Lipinski definition) is 5. The molecule has 7 heteroatoms. The van der Waals surface area contributed by atoms with Gasteiger partial charge in [-0.25, -0.2) is 9.50 Å². The van der Waals surface area contributed by atoms with Crippen LogP contribution in [0.1, 0.15) is 19.0 Å². The van der Waals surface area contributed by atoms with E-state index in [9.17, 15) is 4.79 Å². The first kappa shape index (κ1) is 22.3. The summed E-state index contributed by atoms with van der Waals surface area (Å²) in [7, 11) is 0. The van der Waals surface area contributed by atoms with E-state index in [4.69, 9.17) is 14.5 Å². The van der Waals surface area contributed by atoms with Crippen LogP contribution in [0.3, 0.4) is 0 Å². The summed E-state index contributed by atoms with van der Waals surface area (Å²) in [6, 6.07) is 20.2. The van der Waals surface area contributed by atoms with Gasteiger partial charge in [-0.15, -0.1) is 0 Å². The molecule has 0 aliphatic rings. The van der Waals surface area contributed by atoms with Crippen LogP contribution >= 0.6 is 11.8 Å². The fourth-order valence-corrected chi connectivity index (χ4v) is 4.22. The zero-order chi connectivity index (χ0) is 22.2. The fraction of sp³-hybridized carbons (Fsp3) is 0.280. The lowest BCUT2D eigenvalue weighted by molar-refractivity contribution is 0.0891. The van der Waals surface area contributed by atoms with Crippen molar-refractivity contribution in [3.05, 3.63) is 82.9 Å². The topological polar surface area (TPSA) is 68.6 Å². The molecule has 0 amide bonds. The van der Waals surface area contributed by atoms with Gasteiger partial charge in [0.15, 0.2) is 5.65 Å². The van der Waals surface area contributed by atoms with Gasteiger partial charge in [-0.2, -0.15) is 0 Å². The number of ether oxygens (including phenoxy) is 2. The summed E-state index contributed by atoms with van der Waals surface area (Å²) in [5, 5.41) is 3.02. The number of aromatic amines is 1. The summed E-state index contributed by atoms with van der Waals surface area (Å²) >= 11 is 1.72. The second-order valence-electron chi connectivity index (χ2n) is 7.28. The van der Waals surface area contributed by atoms with Crippen LogP contribution in [0.2, 0.25) is 0 Å². The van der Waals surface area contributed by atoms with E-state index in [0.717, 1.165) is 34.7 Å². The van der Waals surface area contributed by atoms with Crippen LogP contribution in [-0.2, 0) is 15.9 Å². The van der Waals surface area contributed by atoms with E-state index in [1.807, 2.05) is 31.3 Å². The van der Waals surface area contributed by atoms with E-state index < -0.39 is 0 Å². The first-order valence-electron chi connectivity index (χ1n) is 10.8. The number of aromatic nitrogens is 3. The SMILES string of the molecule is CCOCCCOCCc1cc(=O)n2[nH]cc(-c3ccc(Sc4ccccc4)cc3)c2n1. The largest absolute Gasteiger partial charge is 0.382 e. The molecule has 32 heavy (non-hydrogen) atoms. The molecule has 2 aromatic heterocycles. The van der Waals surface area contributed by atoms with E-state index in [1.165, 1.54) is 9.41 Å². The third-order valence-corrected chi connectivity index (χ3v) is 5.99. The van der Waals surface area contributed by atoms with Gasteiger partial charge in [0.1, 0.15) is 0 Å². The van der Waals surface area contributed by atoms with E-state index in [1.54, 1.807) is 17.8 Å². The van der Waals surface area contributed by atoms with Gasteiger partial charge in [0.2, 0.25) is 0 Å². The number of rotatable bonds is 11. The molecule has 0 saturated heterocycles. The Morgan fingerprint density at radius 1 is 0.969 bits per heavy atom. The number of benzene rings is 2. The van der Waals surface area contributed by atoms with Crippen LogP contribution < -0.4 is 5.56 Å². The molecule has 0 bridgehead atoms. The second-order valence-corrected chi connectivity index (χ2v) is 8.43. The van der Waals surface area contributed by atoms with E-state index in [0.29, 0.717) is 31.9 Å². The van der Waals surface area contributed by atoms with Crippen molar-refractivity contribution in [2.45, 2.75) is 29.6 Å². The summed E-state index contributed by atoms with van der Waals surface area (Å²) in [6.07, 6.45) is 3.29. The highest BCUT2D eigenvalue weighted by molar-refractivity contribution is 7.99. The van der Waals surface area contributed by atoms with Crippen molar-refractivity contribution < 1.29 is 9.47 Å². The van der Waals surface area contributed by atoms with E-state index in [2.05, 4.69) is 41.5 Å². The molecule has 0 atom stereocenters. The van der Waals surface area contributed by atoms with Gasteiger partial charge >= 0.3 is 0 Å². The van der Waals surface area contributed by atoms with Crippen molar-refractivity contribution in [2.75, 3.05) is 26.4 Å². The molecule has 4 rings (SSSR count). The summed E-state index contributed by atoms with van der Waals surface area (Å²) in [6.45, 7) is 4.58. The molecule has 2 heterocycles. The Morgan fingerprint density at radius 3 is 2.50 bits per heavy atom. The third kappa shape index (κ3) is 5.68. The predicted octanol–water partition coefficient (Wildman–Crippen LogP) is 4.83. The monoisotopic (exact) mass is 449 g/mol. The average Bonchev–Trinajstić information content (AvgIpc) is 3.24. The van der Waals surface area contributed by atoms with Crippen molar-refractivity contribution >= 4 is 17.4 Å². The normalized spacial score (nSPS) is 11.3. The molecule has 0 aliphatic heterocycles. The lowest BCUT2D eigenvalue weighted by atomic mass is 10.1. The highest BCUT2D eigenvalue weighted by atomic mass is 32.2. The first-order chi connectivity index (χ1) is 15.7. The minimum Gasteiger partial charge on any atom is -0.382 e. The van der Waals surface area contributed by atoms with Crippen LogP contribution in [-0.4, -0.2) is 41.0 Å². The van der Waals surface area contributed by atoms with Gasteiger partial charge in [0.05, 0.1) is 12.3 Å². The van der Waals surface area contributed by atoms with Gasteiger partial charge in [0.25, 0.3) is 5.56 Å². The summed E-state index contributed by atoms with van der Waals surface area (Å²) in [5.41, 5.74) is 3.16. The zero-order valence-electron chi connectivity index (χ0n) is 18.1. The number of hydrogen-bond donors (Lipinski definition) is 1.